The summed E-state index contributed by atoms with van der Waals surface area (Å²) in [4.78, 5) is 11.7. The van der Waals surface area contributed by atoms with Gasteiger partial charge in [0.25, 0.3) is 5.91 Å². The predicted octanol–water partition coefficient (Wildman–Crippen LogP) is 3.83. The topological polar surface area (TPSA) is 38.3 Å². The summed E-state index contributed by atoms with van der Waals surface area (Å²) in [5.41, 5.74) is 0.797. The molecule has 0 saturated heterocycles. The minimum Gasteiger partial charge on any atom is -0.482 e. The van der Waals surface area contributed by atoms with E-state index in [4.69, 9.17) is 27.9 Å². The van der Waals surface area contributed by atoms with E-state index >= 15 is 0 Å². The number of carbonyl (C=O) groups excluding carboxylic acids is 1. The second-order valence-corrected chi connectivity index (χ2v) is 5.11. The van der Waals surface area contributed by atoms with Crippen LogP contribution < -0.4 is 10.1 Å². The van der Waals surface area contributed by atoms with Crippen molar-refractivity contribution in [2.75, 3.05) is 6.61 Å². The Morgan fingerprint density at radius 2 is 1.86 bits per heavy atom. The summed E-state index contributed by atoms with van der Waals surface area (Å²) in [7, 11) is 0. The van der Waals surface area contributed by atoms with Gasteiger partial charge in [0.1, 0.15) is 11.6 Å². The maximum absolute atomic E-state index is 12.7. The lowest BCUT2D eigenvalue weighted by Gasteiger charge is -2.09. The Morgan fingerprint density at radius 3 is 2.57 bits per heavy atom. The number of hydrogen-bond acceptors (Lipinski definition) is 2. The van der Waals surface area contributed by atoms with Crippen LogP contribution in [0.15, 0.2) is 42.5 Å². The van der Waals surface area contributed by atoms with Gasteiger partial charge in [0.15, 0.2) is 6.61 Å². The molecule has 0 aliphatic carbocycles. The molecule has 6 heteroatoms. The minimum absolute atomic E-state index is 0.179. The highest BCUT2D eigenvalue weighted by Crippen LogP contribution is 2.27. The Bertz CT molecular complexity index is 632. The number of ether oxygens (including phenoxy) is 1. The van der Waals surface area contributed by atoms with Gasteiger partial charge in [-0.05, 0) is 29.8 Å². The van der Waals surface area contributed by atoms with Gasteiger partial charge in [-0.2, -0.15) is 0 Å². The van der Waals surface area contributed by atoms with E-state index in [2.05, 4.69) is 5.32 Å². The third kappa shape index (κ3) is 4.92. The third-order valence-corrected chi connectivity index (χ3v) is 3.20. The molecule has 0 fully saturated rings. The van der Waals surface area contributed by atoms with Gasteiger partial charge in [0.2, 0.25) is 0 Å². The van der Waals surface area contributed by atoms with E-state index in [-0.39, 0.29) is 18.3 Å². The molecular formula is C15H12Cl2FNO2. The number of rotatable bonds is 5. The van der Waals surface area contributed by atoms with Crippen LogP contribution in [0.1, 0.15) is 5.56 Å². The molecule has 21 heavy (non-hydrogen) atoms. The van der Waals surface area contributed by atoms with Crippen LogP contribution in [0.4, 0.5) is 4.39 Å². The number of amides is 1. The van der Waals surface area contributed by atoms with Crippen LogP contribution in [-0.2, 0) is 11.3 Å². The normalized spacial score (nSPS) is 10.2. The molecule has 0 heterocycles. The Labute approximate surface area is 131 Å². The monoisotopic (exact) mass is 327 g/mol. The second-order valence-electron chi connectivity index (χ2n) is 4.27. The van der Waals surface area contributed by atoms with Crippen molar-refractivity contribution in [2.45, 2.75) is 6.54 Å². The van der Waals surface area contributed by atoms with Crippen molar-refractivity contribution >= 4 is 29.1 Å². The first-order chi connectivity index (χ1) is 10.0. The molecule has 0 radical (unpaired) electrons. The summed E-state index contributed by atoms with van der Waals surface area (Å²) in [6.45, 7) is 0.118. The third-order valence-electron chi connectivity index (χ3n) is 2.65. The van der Waals surface area contributed by atoms with Crippen LogP contribution in [0.2, 0.25) is 10.0 Å². The Hall–Kier alpha value is -1.78. The molecule has 0 atom stereocenters. The van der Waals surface area contributed by atoms with Gasteiger partial charge < -0.3 is 10.1 Å². The molecule has 2 aromatic rings. The summed E-state index contributed by atoms with van der Waals surface area (Å²) in [6.07, 6.45) is 0. The molecule has 1 amide bonds. The predicted molar refractivity (Wildman–Crippen MR) is 80.2 cm³/mol. The zero-order chi connectivity index (χ0) is 15.2. The average Bonchev–Trinajstić information content (AvgIpc) is 2.47. The Morgan fingerprint density at radius 1 is 1.14 bits per heavy atom. The number of hydrogen-bond donors (Lipinski definition) is 1. The van der Waals surface area contributed by atoms with E-state index in [1.54, 1.807) is 24.3 Å². The summed E-state index contributed by atoms with van der Waals surface area (Å²) >= 11 is 11.7. The van der Waals surface area contributed by atoms with E-state index in [1.807, 2.05) is 0 Å². The van der Waals surface area contributed by atoms with Crippen molar-refractivity contribution in [1.82, 2.24) is 5.32 Å². The van der Waals surface area contributed by atoms with E-state index in [0.717, 1.165) is 5.56 Å². The van der Waals surface area contributed by atoms with Crippen LogP contribution in [0.5, 0.6) is 5.75 Å². The fraction of sp³-hybridized carbons (Fsp3) is 0.133. The average molecular weight is 328 g/mol. The minimum atomic E-state index is -0.316. The van der Waals surface area contributed by atoms with Gasteiger partial charge in [-0.15, -0.1) is 0 Å². The molecule has 3 nitrogen and oxygen atoms in total. The van der Waals surface area contributed by atoms with E-state index in [9.17, 15) is 9.18 Å². The number of carbonyl (C=O) groups is 1. The highest BCUT2D eigenvalue weighted by atomic mass is 35.5. The van der Waals surface area contributed by atoms with Crippen molar-refractivity contribution < 1.29 is 13.9 Å². The fourth-order valence-corrected chi connectivity index (χ4v) is 1.92. The van der Waals surface area contributed by atoms with E-state index < -0.39 is 0 Å². The lowest BCUT2D eigenvalue weighted by molar-refractivity contribution is -0.123. The molecule has 110 valence electrons. The molecule has 0 aliphatic heterocycles. The molecule has 0 saturated carbocycles. The maximum atomic E-state index is 12.7. The number of nitrogens with one attached hydrogen (secondary N) is 1. The highest BCUT2D eigenvalue weighted by molar-refractivity contribution is 6.34. The van der Waals surface area contributed by atoms with Crippen LogP contribution in [-0.4, -0.2) is 12.5 Å². The molecule has 0 spiro atoms. The molecule has 2 rings (SSSR count). The van der Waals surface area contributed by atoms with Crippen molar-refractivity contribution in [1.29, 1.82) is 0 Å². The molecule has 0 bridgehead atoms. The number of benzene rings is 2. The zero-order valence-electron chi connectivity index (χ0n) is 10.9. The van der Waals surface area contributed by atoms with Crippen LogP contribution >= 0.6 is 23.2 Å². The Balaban J connectivity index is 1.82. The van der Waals surface area contributed by atoms with Gasteiger partial charge in [-0.1, -0.05) is 35.3 Å². The van der Waals surface area contributed by atoms with Crippen molar-refractivity contribution in [3.05, 3.63) is 63.9 Å². The first-order valence-corrected chi connectivity index (χ1v) is 6.89. The van der Waals surface area contributed by atoms with Gasteiger partial charge in [-0.25, -0.2) is 4.39 Å². The lowest BCUT2D eigenvalue weighted by atomic mass is 10.2. The number of halogens is 3. The first-order valence-electron chi connectivity index (χ1n) is 6.13. The lowest BCUT2D eigenvalue weighted by Crippen LogP contribution is -2.28. The summed E-state index contributed by atoms with van der Waals surface area (Å²) in [6, 6.07) is 10.6. The van der Waals surface area contributed by atoms with Gasteiger partial charge in [0, 0.05) is 17.6 Å². The Kier molecular flexibility index (Phi) is 5.42. The van der Waals surface area contributed by atoms with Crippen molar-refractivity contribution in [3.8, 4) is 5.75 Å². The van der Waals surface area contributed by atoms with E-state index in [1.165, 1.54) is 18.2 Å². The zero-order valence-corrected chi connectivity index (χ0v) is 12.4. The van der Waals surface area contributed by atoms with Gasteiger partial charge in [-0.3, -0.25) is 4.79 Å². The maximum Gasteiger partial charge on any atom is 0.258 e. The van der Waals surface area contributed by atoms with Gasteiger partial charge >= 0.3 is 0 Å². The molecular weight excluding hydrogens is 316 g/mol. The summed E-state index contributed by atoms with van der Waals surface area (Å²) in [5, 5.41) is 3.51. The second kappa shape index (κ2) is 7.29. The molecule has 0 aliphatic rings. The molecule has 1 N–H and O–H groups in total. The van der Waals surface area contributed by atoms with Crippen LogP contribution in [0.3, 0.4) is 0 Å². The SMILES string of the molecule is O=C(COc1cc(Cl)ccc1Cl)NCc1ccc(F)cc1. The fourth-order valence-electron chi connectivity index (χ4n) is 1.59. The largest absolute Gasteiger partial charge is 0.482 e. The van der Waals surface area contributed by atoms with E-state index in [0.29, 0.717) is 22.3 Å². The highest BCUT2D eigenvalue weighted by Gasteiger charge is 2.06. The summed E-state index contributed by atoms with van der Waals surface area (Å²) < 4.78 is 18.0. The molecule has 0 aromatic heterocycles. The van der Waals surface area contributed by atoms with Crippen LogP contribution in [0.25, 0.3) is 0 Å². The van der Waals surface area contributed by atoms with Crippen LogP contribution in [0, 0.1) is 5.82 Å². The smallest absolute Gasteiger partial charge is 0.258 e. The standard InChI is InChI=1S/C15H12Cl2FNO2/c16-11-3-6-13(17)14(7-11)21-9-15(20)19-8-10-1-4-12(18)5-2-10/h1-7H,8-9H2,(H,19,20). The summed E-state index contributed by atoms with van der Waals surface area (Å²) in [5.74, 6) is -0.277. The van der Waals surface area contributed by atoms with Gasteiger partial charge in [0.05, 0.1) is 5.02 Å². The molecule has 2 aromatic carbocycles. The quantitative estimate of drug-likeness (QED) is 0.906. The van der Waals surface area contributed by atoms with Crippen molar-refractivity contribution in [2.24, 2.45) is 0 Å². The molecule has 0 unspecified atom stereocenters. The first kappa shape index (κ1) is 15.6. The van der Waals surface area contributed by atoms with Crippen molar-refractivity contribution in [3.63, 3.8) is 0 Å².